The van der Waals surface area contributed by atoms with Crippen LogP contribution in [0.2, 0.25) is 0 Å². The molecule has 0 spiro atoms. The van der Waals surface area contributed by atoms with Crippen molar-refractivity contribution in [3.05, 3.63) is 29.8 Å². The van der Waals surface area contributed by atoms with Crippen LogP contribution in [0, 0.1) is 0 Å². The van der Waals surface area contributed by atoms with Gasteiger partial charge in [-0.25, -0.2) is 4.79 Å². The monoisotopic (exact) mass is 262 g/mol. The SMILES string of the molecule is NC(C(=O)O)C(=O)Nc1ccc(C(F)(F)F)cc1. The molecular formula is C10H9F3N2O3. The summed E-state index contributed by atoms with van der Waals surface area (Å²) < 4.78 is 36.7. The highest BCUT2D eigenvalue weighted by Gasteiger charge is 2.30. The molecule has 1 rings (SSSR count). The first kappa shape index (κ1) is 14.0. The Bertz CT molecular complexity index is 456. The van der Waals surface area contributed by atoms with E-state index in [1.165, 1.54) is 0 Å². The van der Waals surface area contributed by atoms with Gasteiger partial charge in [0, 0.05) is 5.69 Å². The fourth-order valence-electron chi connectivity index (χ4n) is 1.07. The number of rotatable bonds is 3. The van der Waals surface area contributed by atoms with E-state index >= 15 is 0 Å². The standard InChI is InChI=1S/C10H9F3N2O3/c11-10(12,13)5-1-3-6(4-2-5)15-8(16)7(14)9(17)18/h1-4,7H,14H2,(H,15,16)(H,17,18). The quantitative estimate of drug-likeness (QED) is 0.710. The first-order valence-electron chi connectivity index (χ1n) is 4.68. The number of amides is 1. The Kier molecular flexibility index (Phi) is 3.92. The number of carbonyl (C=O) groups is 2. The molecule has 1 aromatic carbocycles. The largest absolute Gasteiger partial charge is 0.480 e. The van der Waals surface area contributed by atoms with Crippen LogP contribution in [0.5, 0.6) is 0 Å². The van der Waals surface area contributed by atoms with Crippen molar-refractivity contribution in [3.63, 3.8) is 0 Å². The molecule has 0 fully saturated rings. The van der Waals surface area contributed by atoms with Gasteiger partial charge in [0.05, 0.1) is 5.56 Å². The number of nitrogens with one attached hydrogen (secondary N) is 1. The van der Waals surface area contributed by atoms with Crippen LogP contribution in [0.3, 0.4) is 0 Å². The lowest BCUT2D eigenvalue weighted by atomic mass is 10.2. The zero-order valence-electron chi connectivity index (χ0n) is 8.86. The van der Waals surface area contributed by atoms with Gasteiger partial charge in [0.15, 0.2) is 6.04 Å². The van der Waals surface area contributed by atoms with Gasteiger partial charge in [-0.3, -0.25) is 4.79 Å². The summed E-state index contributed by atoms with van der Waals surface area (Å²) in [5.74, 6) is -2.54. The first-order valence-corrected chi connectivity index (χ1v) is 4.68. The van der Waals surface area contributed by atoms with Crippen LogP contribution in [0.25, 0.3) is 0 Å². The third-order valence-corrected chi connectivity index (χ3v) is 2.03. The number of hydrogen-bond donors (Lipinski definition) is 3. The maximum Gasteiger partial charge on any atom is 0.416 e. The van der Waals surface area contributed by atoms with Gasteiger partial charge < -0.3 is 16.2 Å². The molecule has 1 amide bonds. The number of carboxylic acid groups (broad SMARTS) is 1. The lowest BCUT2D eigenvalue weighted by Crippen LogP contribution is -2.42. The minimum absolute atomic E-state index is 0.0321. The Labute approximate surface area is 99.4 Å². The normalized spacial score (nSPS) is 12.9. The van der Waals surface area contributed by atoms with Crippen molar-refractivity contribution in [1.82, 2.24) is 0 Å². The highest BCUT2D eigenvalue weighted by molar-refractivity contribution is 6.07. The number of halogens is 3. The summed E-state index contributed by atoms with van der Waals surface area (Å²) in [6, 6.07) is 1.78. The van der Waals surface area contributed by atoms with Gasteiger partial charge in [0.1, 0.15) is 0 Å². The van der Waals surface area contributed by atoms with E-state index in [9.17, 15) is 22.8 Å². The third-order valence-electron chi connectivity index (χ3n) is 2.03. The molecule has 0 aliphatic carbocycles. The van der Waals surface area contributed by atoms with Crippen molar-refractivity contribution < 1.29 is 27.9 Å². The molecule has 0 radical (unpaired) electrons. The summed E-state index contributed by atoms with van der Waals surface area (Å²) in [7, 11) is 0. The van der Waals surface area contributed by atoms with Crippen LogP contribution in [-0.4, -0.2) is 23.0 Å². The Morgan fingerprint density at radius 1 is 1.22 bits per heavy atom. The van der Waals surface area contributed by atoms with Gasteiger partial charge in [0.25, 0.3) is 5.91 Å². The molecule has 0 aliphatic heterocycles. The van der Waals surface area contributed by atoms with E-state index in [1.807, 2.05) is 0 Å². The second-order valence-electron chi connectivity index (χ2n) is 3.38. The fraction of sp³-hybridized carbons (Fsp3) is 0.200. The summed E-state index contributed by atoms with van der Waals surface area (Å²) in [5, 5.41) is 10.5. The molecule has 0 bridgehead atoms. The van der Waals surface area contributed by atoms with Crippen molar-refractivity contribution in [1.29, 1.82) is 0 Å². The lowest BCUT2D eigenvalue weighted by Gasteiger charge is -2.10. The fourth-order valence-corrected chi connectivity index (χ4v) is 1.07. The predicted octanol–water partition coefficient (Wildman–Crippen LogP) is 1.06. The van der Waals surface area contributed by atoms with Gasteiger partial charge in [-0.1, -0.05) is 0 Å². The number of carboxylic acids is 1. The molecular weight excluding hydrogens is 253 g/mol. The van der Waals surface area contributed by atoms with Gasteiger partial charge in [0.2, 0.25) is 0 Å². The Balaban J connectivity index is 2.76. The molecule has 8 heteroatoms. The summed E-state index contributed by atoms with van der Waals surface area (Å²) in [5.41, 5.74) is 4.18. The van der Waals surface area contributed by atoms with E-state index in [0.717, 1.165) is 24.3 Å². The third kappa shape index (κ3) is 3.45. The second kappa shape index (κ2) is 5.05. The van der Waals surface area contributed by atoms with Crippen molar-refractivity contribution in [2.75, 3.05) is 5.32 Å². The van der Waals surface area contributed by atoms with Crippen molar-refractivity contribution in [3.8, 4) is 0 Å². The number of benzene rings is 1. The molecule has 0 aromatic heterocycles. The predicted molar refractivity (Wildman–Crippen MR) is 55.7 cm³/mol. The summed E-state index contributed by atoms with van der Waals surface area (Å²) in [6.07, 6.45) is -4.47. The van der Waals surface area contributed by atoms with Crippen molar-refractivity contribution >= 4 is 17.6 Å². The zero-order chi connectivity index (χ0) is 13.9. The van der Waals surface area contributed by atoms with E-state index in [-0.39, 0.29) is 5.69 Å². The number of nitrogens with two attached hydrogens (primary N) is 1. The van der Waals surface area contributed by atoms with Crippen molar-refractivity contribution in [2.24, 2.45) is 5.73 Å². The highest BCUT2D eigenvalue weighted by atomic mass is 19.4. The van der Waals surface area contributed by atoms with E-state index in [0.29, 0.717) is 0 Å². The smallest absolute Gasteiger partial charge is 0.416 e. The Morgan fingerprint density at radius 2 is 1.72 bits per heavy atom. The van der Waals surface area contributed by atoms with Gasteiger partial charge in [-0.05, 0) is 24.3 Å². The minimum Gasteiger partial charge on any atom is -0.480 e. The molecule has 0 heterocycles. The average Bonchev–Trinajstić information content (AvgIpc) is 2.27. The van der Waals surface area contributed by atoms with Crippen LogP contribution in [0.1, 0.15) is 5.56 Å². The number of anilines is 1. The van der Waals surface area contributed by atoms with Crippen LogP contribution >= 0.6 is 0 Å². The van der Waals surface area contributed by atoms with E-state index < -0.39 is 29.7 Å². The van der Waals surface area contributed by atoms with E-state index in [2.05, 4.69) is 5.32 Å². The maximum absolute atomic E-state index is 12.2. The molecule has 4 N–H and O–H groups in total. The lowest BCUT2D eigenvalue weighted by molar-refractivity contribution is -0.141. The van der Waals surface area contributed by atoms with Crippen LogP contribution < -0.4 is 11.1 Å². The summed E-state index contributed by atoms with van der Waals surface area (Å²) >= 11 is 0. The summed E-state index contributed by atoms with van der Waals surface area (Å²) in [6.45, 7) is 0. The highest BCUT2D eigenvalue weighted by Crippen LogP contribution is 2.29. The maximum atomic E-state index is 12.2. The second-order valence-corrected chi connectivity index (χ2v) is 3.38. The van der Waals surface area contributed by atoms with Crippen molar-refractivity contribution in [2.45, 2.75) is 12.2 Å². The molecule has 98 valence electrons. The van der Waals surface area contributed by atoms with Gasteiger partial charge in [-0.15, -0.1) is 0 Å². The number of carbonyl (C=O) groups excluding carboxylic acids is 1. The number of alkyl halides is 3. The molecule has 0 saturated heterocycles. The van der Waals surface area contributed by atoms with Gasteiger partial charge >= 0.3 is 12.1 Å². The first-order chi connectivity index (χ1) is 8.21. The molecule has 1 aromatic rings. The molecule has 0 saturated carbocycles. The van der Waals surface area contributed by atoms with Crippen LogP contribution in [0.15, 0.2) is 24.3 Å². The summed E-state index contributed by atoms with van der Waals surface area (Å²) in [4.78, 5) is 21.6. The number of hydrogen-bond acceptors (Lipinski definition) is 3. The molecule has 1 atom stereocenters. The topological polar surface area (TPSA) is 92.4 Å². The van der Waals surface area contributed by atoms with Crippen LogP contribution in [-0.2, 0) is 15.8 Å². The van der Waals surface area contributed by atoms with Crippen LogP contribution in [0.4, 0.5) is 18.9 Å². The molecule has 0 aliphatic rings. The molecule has 1 unspecified atom stereocenters. The minimum atomic E-state index is -4.47. The molecule has 18 heavy (non-hydrogen) atoms. The zero-order valence-corrected chi connectivity index (χ0v) is 8.86. The average molecular weight is 262 g/mol. The van der Waals surface area contributed by atoms with E-state index in [1.54, 1.807) is 0 Å². The molecule has 5 nitrogen and oxygen atoms in total. The Morgan fingerprint density at radius 3 is 2.11 bits per heavy atom. The number of aliphatic carboxylic acids is 1. The van der Waals surface area contributed by atoms with Gasteiger partial charge in [-0.2, -0.15) is 13.2 Å². The van der Waals surface area contributed by atoms with E-state index in [4.69, 9.17) is 10.8 Å². The Hall–Kier alpha value is -2.09.